The van der Waals surface area contributed by atoms with Gasteiger partial charge in [0.2, 0.25) is 0 Å². The lowest BCUT2D eigenvalue weighted by Gasteiger charge is -2.37. The number of hydrogen-bond acceptors (Lipinski definition) is 8. The van der Waals surface area contributed by atoms with E-state index < -0.39 is 37.0 Å². The van der Waals surface area contributed by atoms with Gasteiger partial charge in [0.15, 0.2) is 13.2 Å². The van der Waals surface area contributed by atoms with Crippen molar-refractivity contribution in [2.75, 3.05) is 13.2 Å². The van der Waals surface area contributed by atoms with Gasteiger partial charge in [0.25, 0.3) is 0 Å². The van der Waals surface area contributed by atoms with E-state index >= 15 is 0 Å². The van der Waals surface area contributed by atoms with Gasteiger partial charge in [-0.3, -0.25) is 0 Å². The molecule has 4 fully saturated rings. The first-order valence-electron chi connectivity index (χ1n) is 30.7. The largest absolute Gasteiger partial charge is 0.512 e. The summed E-state index contributed by atoms with van der Waals surface area (Å²) < 4.78 is 12.6. The monoisotopic (exact) mass is 1100 g/mol. The summed E-state index contributed by atoms with van der Waals surface area (Å²) in [5, 5.41) is 67.1. The van der Waals surface area contributed by atoms with Crippen LogP contribution < -0.4 is 9.47 Å². The van der Waals surface area contributed by atoms with Crippen molar-refractivity contribution in [3.63, 3.8) is 0 Å². The van der Waals surface area contributed by atoms with Crippen LogP contribution in [0.3, 0.4) is 0 Å². The third kappa shape index (κ3) is 13.0. The van der Waals surface area contributed by atoms with E-state index in [9.17, 15) is 40.2 Å². The molecular formula is C71H86O10. The Hall–Kier alpha value is -6.68. The van der Waals surface area contributed by atoms with E-state index in [0.717, 1.165) is 186 Å². The Labute approximate surface area is 480 Å². The fourth-order valence-corrected chi connectivity index (χ4v) is 15.2. The predicted octanol–water partition coefficient (Wildman–Crippen LogP) is 17.1. The summed E-state index contributed by atoms with van der Waals surface area (Å²) in [5.74, 6) is -0.000507. The highest BCUT2D eigenvalue weighted by Gasteiger charge is 2.37. The van der Waals surface area contributed by atoms with Crippen LogP contribution in [0.2, 0.25) is 0 Å². The molecule has 2 unspecified atom stereocenters. The molecule has 0 amide bonds. The maximum Gasteiger partial charge on any atom is 0.341 e. The topological polar surface area (TPSA) is 174 Å². The van der Waals surface area contributed by atoms with Gasteiger partial charge in [0, 0.05) is 28.9 Å². The molecule has 0 heterocycles. The number of aliphatic hydroxyl groups excluding tert-OH is 1. The van der Waals surface area contributed by atoms with E-state index in [2.05, 4.69) is 37.3 Å². The lowest BCUT2D eigenvalue weighted by Crippen LogP contribution is -2.25. The highest BCUT2D eigenvalue weighted by Crippen LogP contribution is 2.52. The number of ether oxygens (including phenoxy) is 2. The first kappa shape index (κ1) is 57.6. The number of aliphatic hydroxyl groups is 1. The zero-order valence-corrected chi connectivity index (χ0v) is 48.3. The second-order valence-electron chi connectivity index (χ2n) is 24.9. The fraction of sp³-hybridized carbons (Fsp3) is 0.493. The fourth-order valence-electron chi connectivity index (χ4n) is 15.2. The number of allylic oxidation sites excluding steroid dienone is 4. The third-order valence-corrected chi connectivity index (χ3v) is 19.5. The molecule has 4 saturated carbocycles. The van der Waals surface area contributed by atoms with Gasteiger partial charge in [0.1, 0.15) is 28.7 Å². The summed E-state index contributed by atoms with van der Waals surface area (Å²) in [5.41, 5.74) is 14.1. The smallest absolute Gasteiger partial charge is 0.341 e. The van der Waals surface area contributed by atoms with Crippen LogP contribution in [0.25, 0.3) is 0 Å². The lowest BCUT2D eigenvalue weighted by molar-refractivity contribution is -0.140. The lowest BCUT2D eigenvalue weighted by atomic mass is 9.69. The number of aliphatic carboxylic acids is 2. The number of phenols is 3. The van der Waals surface area contributed by atoms with Crippen molar-refractivity contribution >= 4 is 11.9 Å². The van der Waals surface area contributed by atoms with Crippen molar-refractivity contribution < 1.29 is 49.7 Å². The molecule has 10 nitrogen and oxygen atoms in total. The minimum Gasteiger partial charge on any atom is -0.512 e. The van der Waals surface area contributed by atoms with Crippen LogP contribution in [-0.4, -0.2) is 55.8 Å². The summed E-state index contributed by atoms with van der Waals surface area (Å²) >= 11 is 0. The van der Waals surface area contributed by atoms with E-state index in [1.165, 1.54) is 25.7 Å². The molecule has 0 saturated heterocycles. The highest BCUT2D eigenvalue weighted by molar-refractivity contribution is 5.69. The minimum atomic E-state index is -1.09. The normalized spacial score (nSPS) is 19.4. The summed E-state index contributed by atoms with van der Waals surface area (Å²) in [6.07, 6.45) is 24.6. The van der Waals surface area contributed by atoms with Crippen LogP contribution in [0.1, 0.15) is 244 Å². The van der Waals surface area contributed by atoms with Crippen LogP contribution in [0, 0.1) is 32.6 Å². The van der Waals surface area contributed by atoms with E-state index in [1.54, 1.807) is 0 Å². The zero-order chi connectivity index (χ0) is 56.9. The maximum atomic E-state index is 12.4. The Bertz CT molecular complexity index is 3080. The van der Waals surface area contributed by atoms with Gasteiger partial charge in [-0.2, -0.15) is 0 Å². The second kappa shape index (κ2) is 25.6. The number of benzene rings is 5. The Kier molecular flexibility index (Phi) is 18.2. The number of aryl methyl sites for hydroxylation is 3. The van der Waals surface area contributed by atoms with Gasteiger partial charge in [-0.15, -0.1) is 0 Å². The van der Waals surface area contributed by atoms with Crippen molar-refractivity contribution in [2.24, 2.45) is 11.8 Å². The molecule has 5 aromatic rings. The molecule has 2 atom stereocenters. The number of rotatable bonds is 18. The molecule has 81 heavy (non-hydrogen) atoms. The average molecular weight is 1100 g/mol. The van der Waals surface area contributed by atoms with Crippen molar-refractivity contribution in [3.05, 3.63) is 168 Å². The molecule has 0 aromatic heterocycles. The van der Waals surface area contributed by atoms with Gasteiger partial charge in [0.05, 0.1) is 5.76 Å². The Morgan fingerprint density at radius 3 is 1.23 bits per heavy atom. The Morgan fingerprint density at radius 1 is 0.469 bits per heavy atom. The molecule has 0 bridgehead atoms. The molecule has 0 radical (unpaired) electrons. The van der Waals surface area contributed by atoms with Crippen LogP contribution >= 0.6 is 0 Å². The van der Waals surface area contributed by atoms with Crippen molar-refractivity contribution in [1.82, 2.24) is 0 Å². The van der Waals surface area contributed by atoms with Gasteiger partial charge in [-0.1, -0.05) is 125 Å². The molecule has 5 aliphatic rings. The van der Waals surface area contributed by atoms with E-state index in [4.69, 9.17) is 9.47 Å². The highest BCUT2D eigenvalue weighted by atomic mass is 16.5. The predicted molar refractivity (Wildman–Crippen MR) is 319 cm³/mol. The summed E-state index contributed by atoms with van der Waals surface area (Å²) in [4.78, 5) is 24.7. The van der Waals surface area contributed by atoms with Gasteiger partial charge >= 0.3 is 11.9 Å². The summed E-state index contributed by atoms with van der Waals surface area (Å²) in [7, 11) is 0. The molecule has 10 rings (SSSR count). The standard InChI is InChI=1S/C71H86O10/c1-42-29-62(72)56(48-17-9-5-10-18-48)36-52(42)70(53-37-57(63(73)30-43(53)2)49-19-11-6-12-20-49)60-34-46(25-27-66(60)80-40-68(76)77)33-47-26-28-67(81-41-69(78)79)61(35-47)71(54-38-58(64(74)31-44(54)3)50-21-13-7-14-22-50)55-39-59(65(75)32-45(55)4)51-23-15-8-16-24-51/h25-32,34-38,48-51,59,70-75H,5-24,33,39-41H2,1-4H3,(H,76,77)(H,78,79). The minimum absolute atomic E-state index is 0.0616. The molecule has 6 N–H and O–H groups in total. The first-order chi connectivity index (χ1) is 39.1. The third-order valence-electron chi connectivity index (χ3n) is 19.5. The van der Waals surface area contributed by atoms with E-state index in [1.807, 2.05) is 69.3 Å². The van der Waals surface area contributed by atoms with Crippen molar-refractivity contribution in [3.8, 4) is 28.7 Å². The molecule has 0 aliphatic heterocycles. The van der Waals surface area contributed by atoms with Gasteiger partial charge < -0.3 is 40.1 Å². The molecule has 5 aromatic carbocycles. The van der Waals surface area contributed by atoms with E-state index in [-0.39, 0.29) is 35.2 Å². The zero-order valence-electron chi connectivity index (χ0n) is 48.3. The first-order valence-corrected chi connectivity index (χ1v) is 30.7. The van der Waals surface area contributed by atoms with Gasteiger partial charge in [-0.25, -0.2) is 9.59 Å². The molecular weight excluding hydrogens is 1010 g/mol. The summed E-state index contributed by atoms with van der Waals surface area (Å²) in [6.45, 7) is 7.10. The molecule has 10 heteroatoms. The van der Waals surface area contributed by atoms with Crippen molar-refractivity contribution in [2.45, 2.75) is 199 Å². The second-order valence-corrected chi connectivity index (χ2v) is 24.9. The molecule has 430 valence electrons. The summed E-state index contributed by atoms with van der Waals surface area (Å²) in [6, 6.07) is 24.4. The van der Waals surface area contributed by atoms with Crippen LogP contribution in [0.5, 0.6) is 28.7 Å². The Morgan fingerprint density at radius 2 is 0.840 bits per heavy atom. The Balaban J connectivity index is 1.15. The molecule has 5 aliphatic carbocycles. The van der Waals surface area contributed by atoms with Crippen LogP contribution in [0.15, 0.2) is 95.8 Å². The number of carbonyl (C=O) groups is 2. The quantitative estimate of drug-likeness (QED) is 0.0464. The average Bonchev–Trinajstić information content (AvgIpc) is 3.65. The van der Waals surface area contributed by atoms with E-state index in [0.29, 0.717) is 41.8 Å². The molecule has 0 spiro atoms. The number of carboxylic acid groups (broad SMARTS) is 2. The number of hydrogen-bond donors (Lipinski definition) is 6. The van der Waals surface area contributed by atoms with Crippen LogP contribution in [-0.2, 0) is 16.0 Å². The number of carboxylic acids is 2. The van der Waals surface area contributed by atoms with Crippen LogP contribution in [0.4, 0.5) is 0 Å². The van der Waals surface area contributed by atoms with Crippen molar-refractivity contribution in [1.29, 1.82) is 0 Å². The van der Waals surface area contributed by atoms with Gasteiger partial charge in [-0.05, 0) is 219 Å². The number of aromatic hydroxyl groups is 3. The SMILES string of the molecule is CC1=C(C(c2cc(C3CCCCC3)c(O)cc2C)c2cc(Cc3ccc(OCC(=O)O)c(C(c4cc(C5CCCCC5)c(O)cc4C)c4cc(C5CCCCC5)c(O)cc4C)c3)ccc2OCC(=O)O)CC(C2CCCCC2)C(O)=C1. The maximum absolute atomic E-state index is 12.4. The number of phenolic OH excluding ortho intramolecular Hbond substituents is 3.